The SMILES string of the molecule is COc1ccc(NC(=O)CN(C)C(=O)c2cccc(S(=O)(=O)NCc3ccccc3)c2)cc1. The molecule has 0 spiro atoms. The van der Waals surface area contributed by atoms with Crippen LogP contribution in [0.25, 0.3) is 0 Å². The quantitative estimate of drug-likeness (QED) is 0.504. The highest BCUT2D eigenvalue weighted by atomic mass is 32.2. The standard InChI is InChI=1S/C24H25N3O5S/c1-27(17-23(28)26-20-11-13-21(32-2)14-12-20)24(29)19-9-6-10-22(15-19)33(30,31)25-16-18-7-4-3-5-8-18/h3-15,25H,16-17H2,1-2H3,(H,26,28). The number of benzene rings is 3. The van der Waals surface area contributed by atoms with Crippen LogP contribution in [-0.4, -0.2) is 45.8 Å². The fourth-order valence-electron chi connectivity index (χ4n) is 3.04. The molecule has 0 aromatic heterocycles. The molecule has 0 unspecified atom stereocenters. The normalized spacial score (nSPS) is 11.0. The molecule has 0 aliphatic carbocycles. The van der Waals surface area contributed by atoms with Gasteiger partial charge in [-0.05, 0) is 48.0 Å². The van der Waals surface area contributed by atoms with Crippen molar-refractivity contribution < 1.29 is 22.7 Å². The van der Waals surface area contributed by atoms with Crippen molar-refractivity contribution in [3.05, 3.63) is 90.0 Å². The Morgan fingerprint density at radius 2 is 1.64 bits per heavy atom. The van der Waals surface area contributed by atoms with E-state index in [1.165, 1.54) is 36.2 Å². The van der Waals surface area contributed by atoms with Crippen LogP contribution >= 0.6 is 0 Å². The van der Waals surface area contributed by atoms with Crippen LogP contribution in [0.2, 0.25) is 0 Å². The maximum absolute atomic E-state index is 12.8. The third kappa shape index (κ3) is 6.64. The van der Waals surface area contributed by atoms with E-state index in [0.717, 1.165) is 5.56 Å². The van der Waals surface area contributed by atoms with Gasteiger partial charge in [-0.15, -0.1) is 0 Å². The third-order valence-corrected chi connectivity index (χ3v) is 6.20. The molecular formula is C24H25N3O5S. The van der Waals surface area contributed by atoms with Gasteiger partial charge in [0, 0.05) is 24.8 Å². The van der Waals surface area contributed by atoms with Gasteiger partial charge >= 0.3 is 0 Å². The van der Waals surface area contributed by atoms with Crippen molar-refractivity contribution >= 4 is 27.5 Å². The van der Waals surface area contributed by atoms with E-state index in [0.29, 0.717) is 11.4 Å². The van der Waals surface area contributed by atoms with E-state index in [1.807, 2.05) is 30.3 Å². The lowest BCUT2D eigenvalue weighted by atomic mass is 10.2. The van der Waals surface area contributed by atoms with Gasteiger partial charge in [0.2, 0.25) is 15.9 Å². The van der Waals surface area contributed by atoms with Crippen molar-refractivity contribution in [2.75, 3.05) is 26.0 Å². The smallest absolute Gasteiger partial charge is 0.254 e. The van der Waals surface area contributed by atoms with Crippen LogP contribution in [0, 0.1) is 0 Å². The number of sulfonamides is 1. The Morgan fingerprint density at radius 3 is 2.30 bits per heavy atom. The van der Waals surface area contributed by atoms with E-state index >= 15 is 0 Å². The first-order chi connectivity index (χ1) is 15.8. The summed E-state index contributed by atoms with van der Waals surface area (Å²) in [7, 11) is -0.794. The fourth-order valence-corrected chi connectivity index (χ4v) is 4.10. The van der Waals surface area contributed by atoms with Crippen LogP contribution in [0.3, 0.4) is 0 Å². The highest BCUT2D eigenvalue weighted by Crippen LogP contribution is 2.16. The summed E-state index contributed by atoms with van der Waals surface area (Å²) in [4.78, 5) is 26.3. The van der Waals surface area contributed by atoms with Gasteiger partial charge in [-0.25, -0.2) is 13.1 Å². The Labute approximate surface area is 193 Å². The molecule has 3 rings (SSSR count). The van der Waals surface area contributed by atoms with E-state index in [-0.39, 0.29) is 29.5 Å². The Hall–Kier alpha value is -3.69. The summed E-state index contributed by atoms with van der Waals surface area (Å²) in [5.41, 5.74) is 1.55. The van der Waals surface area contributed by atoms with Crippen LogP contribution in [0.5, 0.6) is 5.75 Å². The first-order valence-corrected chi connectivity index (χ1v) is 11.6. The second kappa shape index (κ2) is 10.8. The molecule has 0 heterocycles. The van der Waals surface area contributed by atoms with E-state index < -0.39 is 15.9 Å². The van der Waals surface area contributed by atoms with Crippen molar-refractivity contribution in [1.82, 2.24) is 9.62 Å². The summed E-state index contributed by atoms with van der Waals surface area (Å²) < 4.78 is 32.9. The van der Waals surface area contributed by atoms with Gasteiger partial charge in [0.25, 0.3) is 5.91 Å². The number of hydrogen-bond donors (Lipinski definition) is 2. The van der Waals surface area contributed by atoms with E-state index in [4.69, 9.17) is 4.74 Å². The Morgan fingerprint density at radius 1 is 0.939 bits per heavy atom. The molecule has 172 valence electrons. The molecule has 33 heavy (non-hydrogen) atoms. The zero-order valence-corrected chi connectivity index (χ0v) is 19.1. The Kier molecular flexibility index (Phi) is 7.81. The molecule has 2 N–H and O–H groups in total. The number of likely N-dealkylation sites (N-methyl/N-ethyl adjacent to an activating group) is 1. The molecule has 3 aromatic carbocycles. The summed E-state index contributed by atoms with van der Waals surface area (Å²) in [6.07, 6.45) is 0. The number of anilines is 1. The van der Waals surface area contributed by atoms with Crippen molar-refractivity contribution in [3.63, 3.8) is 0 Å². The molecule has 9 heteroatoms. The maximum atomic E-state index is 12.8. The van der Waals surface area contributed by atoms with Crippen LogP contribution in [0.15, 0.2) is 83.8 Å². The number of ether oxygens (including phenoxy) is 1. The second-order valence-electron chi connectivity index (χ2n) is 7.28. The fraction of sp³-hybridized carbons (Fsp3) is 0.167. The molecule has 0 saturated carbocycles. The van der Waals surface area contributed by atoms with E-state index in [2.05, 4.69) is 10.0 Å². The van der Waals surface area contributed by atoms with Crippen LogP contribution in [-0.2, 0) is 21.4 Å². The van der Waals surface area contributed by atoms with Crippen molar-refractivity contribution in [1.29, 1.82) is 0 Å². The summed E-state index contributed by atoms with van der Waals surface area (Å²) in [5, 5.41) is 2.70. The minimum atomic E-state index is -3.82. The molecule has 0 aliphatic rings. The average molecular weight is 468 g/mol. The number of hydrogen-bond acceptors (Lipinski definition) is 5. The predicted octanol–water partition coefficient (Wildman–Crippen LogP) is 2.88. The van der Waals surface area contributed by atoms with Gasteiger partial charge in [0.05, 0.1) is 18.6 Å². The van der Waals surface area contributed by atoms with Gasteiger partial charge in [0.15, 0.2) is 0 Å². The number of rotatable bonds is 9. The summed E-state index contributed by atoms with van der Waals surface area (Å²) in [5.74, 6) is -0.197. The van der Waals surface area contributed by atoms with Crippen LogP contribution in [0.1, 0.15) is 15.9 Å². The molecule has 0 radical (unpaired) electrons. The molecule has 8 nitrogen and oxygen atoms in total. The lowest BCUT2D eigenvalue weighted by molar-refractivity contribution is -0.116. The molecule has 0 fully saturated rings. The van der Waals surface area contributed by atoms with E-state index in [1.54, 1.807) is 31.4 Å². The number of carbonyl (C=O) groups is 2. The van der Waals surface area contributed by atoms with Gasteiger partial charge in [-0.2, -0.15) is 0 Å². The maximum Gasteiger partial charge on any atom is 0.254 e. The van der Waals surface area contributed by atoms with Crippen LogP contribution in [0.4, 0.5) is 5.69 Å². The average Bonchev–Trinajstić information content (AvgIpc) is 2.83. The number of nitrogens with one attached hydrogen (secondary N) is 2. The summed E-state index contributed by atoms with van der Waals surface area (Å²) >= 11 is 0. The number of nitrogens with zero attached hydrogens (tertiary/aromatic N) is 1. The first-order valence-electron chi connectivity index (χ1n) is 10.1. The minimum Gasteiger partial charge on any atom is -0.497 e. The highest BCUT2D eigenvalue weighted by Gasteiger charge is 2.19. The topological polar surface area (TPSA) is 105 Å². The summed E-state index contributed by atoms with van der Waals surface area (Å²) in [6.45, 7) is -0.0686. The van der Waals surface area contributed by atoms with E-state index in [9.17, 15) is 18.0 Å². The monoisotopic (exact) mass is 467 g/mol. The number of methoxy groups -OCH3 is 1. The van der Waals surface area contributed by atoms with Crippen LogP contribution < -0.4 is 14.8 Å². The van der Waals surface area contributed by atoms with Gasteiger partial charge in [0.1, 0.15) is 5.75 Å². The predicted molar refractivity (Wildman–Crippen MR) is 125 cm³/mol. The lowest BCUT2D eigenvalue weighted by Crippen LogP contribution is -2.35. The highest BCUT2D eigenvalue weighted by molar-refractivity contribution is 7.89. The molecule has 0 atom stereocenters. The molecule has 2 amide bonds. The molecular weight excluding hydrogens is 442 g/mol. The largest absolute Gasteiger partial charge is 0.497 e. The molecule has 0 bridgehead atoms. The zero-order valence-electron chi connectivity index (χ0n) is 18.3. The Balaban J connectivity index is 1.63. The molecule has 0 aliphatic heterocycles. The second-order valence-corrected chi connectivity index (χ2v) is 9.04. The molecule has 0 saturated heterocycles. The third-order valence-electron chi connectivity index (χ3n) is 4.80. The zero-order chi connectivity index (χ0) is 23.8. The molecule has 3 aromatic rings. The number of amides is 2. The van der Waals surface area contributed by atoms with Crippen molar-refractivity contribution in [2.45, 2.75) is 11.4 Å². The van der Waals surface area contributed by atoms with Crippen molar-refractivity contribution in [2.24, 2.45) is 0 Å². The van der Waals surface area contributed by atoms with Gasteiger partial charge < -0.3 is 15.0 Å². The minimum absolute atomic E-state index is 0.0274. The summed E-state index contributed by atoms with van der Waals surface area (Å²) in [6, 6.07) is 21.6. The van der Waals surface area contributed by atoms with Gasteiger partial charge in [-0.1, -0.05) is 36.4 Å². The Bertz CT molecular complexity index is 1210. The van der Waals surface area contributed by atoms with Gasteiger partial charge in [-0.3, -0.25) is 9.59 Å². The first kappa shape index (κ1) is 24.0. The van der Waals surface area contributed by atoms with Crippen molar-refractivity contribution in [3.8, 4) is 5.75 Å². The lowest BCUT2D eigenvalue weighted by Gasteiger charge is -2.17. The number of carbonyl (C=O) groups excluding carboxylic acids is 2.